The molecule has 4 nitrogen and oxygen atoms in total. The molecule has 1 atom stereocenters. The number of nitrogens with two attached hydrogens (primary N) is 1. The normalized spacial score (nSPS) is 12.5. The predicted octanol–water partition coefficient (Wildman–Crippen LogP) is 3.34. The van der Waals surface area contributed by atoms with Gasteiger partial charge in [-0.25, -0.2) is 0 Å². The molecule has 1 heterocycles. The van der Waals surface area contributed by atoms with E-state index in [9.17, 15) is 0 Å². The molecule has 0 bridgehead atoms. The third kappa shape index (κ3) is 3.85. The number of hydrogen-bond acceptors (Lipinski definition) is 4. The predicted molar refractivity (Wildman–Crippen MR) is 89.5 cm³/mol. The molecular formula is C17H25N3O. The number of benzene rings is 1. The summed E-state index contributed by atoms with van der Waals surface area (Å²) in [5.74, 6) is 0.496. The van der Waals surface area contributed by atoms with E-state index in [0.717, 1.165) is 53.6 Å². The SMILES string of the molecule is CCCC(CCO)CNc1ccc(N)c2cnc(C)cc12. The van der Waals surface area contributed by atoms with Crippen molar-refractivity contribution in [2.75, 3.05) is 24.2 Å². The van der Waals surface area contributed by atoms with E-state index < -0.39 is 0 Å². The maximum Gasteiger partial charge on any atom is 0.0434 e. The Balaban J connectivity index is 2.21. The van der Waals surface area contributed by atoms with Gasteiger partial charge < -0.3 is 16.2 Å². The second kappa shape index (κ2) is 7.27. The molecule has 0 aliphatic heterocycles. The topological polar surface area (TPSA) is 71.2 Å². The fraction of sp³-hybridized carbons (Fsp3) is 0.471. The highest BCUT2D eigenvalue weighted by Gasteiger charge is 2.09. The molecule has 0 spiro atoms. The smallest absolute Gasteiger partial charge is 0.0434 e. The molecule has 1 aromatic carbocycles. The van der Waals surface area contributed by atoms with Crippen molar-refractivity contribution >= 4 is 22.1 Å². The standard InChI is InChI=1S/C17H25N3O/c1-3-4-13(7-8-21)10-20-17-6-5-16(18)15-11-19-12(2)9-14(15)17/h5-6,9,11,13,20-21H,3-4,7-8,10,18H2,1-2H3. The number of aromatic nitrogens is 1. The maximum absolute atomic E-state index is 9.15. The van der Waals surface area contributed by atoms with Gasteiger partial charge in [0.1, 0.15) is 0 Å². The number of nitrogen functional groups attached to an aromatic ring is 1. The van der Waals surface area contributed by atoms with Crippen LogP contribution in [-0.4, -0.2) is 23.2 Å². The first-order chi connectivity index (χ1) is 10.2. The van der Waals surface area contributed by atoms with Gasteiger partial charge in [0.2, 0.25) is 0 Å². The Kier molecular flexibility index (Phi) is 5.39. The van der Waals surface area contributed by atoms with Crippen LogP contribution in [0.4, 0.5) is 11.4 Å². The molecule has 2 aromatic rings. The summed E-state index contributed by atoms with van der Waals surface area (Å²) in [6.45, 7) is 5.28. The molecule has 0 radical (unpaired) electrons. The minimum Gasteiger partial charge on any atom is -0.398 e. The second-order valence-electron chi connectivity index (χ2n) is 5.62. The summed E-state index contributed by atoms with van der Waals surface area (Å²) < 4.78 is 0. The van der Waals surface area contributed by atoms with Gasteiger partial charge in [0.05, 0.1) is 0 Å². The monoisotopic (exact) mass is 287 g/mol. The lowest BCUT2D eigenvalue weighted by molar-refractivity contribution is 0.255. The van der Waals surface area contributed by atoms with Crippen LogP contribution >= 0.6 is 0 Å². The summed E-state index contributed by atoms with van der Waals surface area (Å²) in [6, 6.07) is 6.01. The van der Waals surface area contributed by atoms with Crippen LogP contribution < -0.4 is 11.1 Å². The highest BCUT2D eigenvalue weighted by Crippen LogP contribution is 2.28. The second-order valence-corrected chi connectivity index (χ2v) is 5.62. The first kappa shape index (κ1) is 15.6. The number of hydrogen-bond donors (Lipinski definition) is 3. The number of fused-ring (bicyclic) bond motifs is 1. The van der Waals surface area contributed by atoms with Crippen LogP contribution in [0.3, 0.4) is 0 Å². The van der Waals surface area contributed by atoms with E-state index in [4.69, 9.17) is 10.8 Å². The molecule has 0 fully saturated rings. The number of aryl methyl sites for hydroxylation is 1. The Bertz CT molecular complexity index is 592. The Hall–Kier alpha value is -1.81. The molecule has 4 heteroatoms. The van der Waals surface area contributed by atoms with Gasteiger partial charge in [-0.2, -0.15) is 0 Å². The minimum atomic E-state index is 0.248. The number of nitrogens with one attached hydrogen (secondary N) is 1. The Morgan fingerprint density at radius 2 is 2.10 bits per heavy atom. The van der Waals surface area contributed by atoms with Gasteiger partial charge in [-0.1, -0.05) is 13.3 Å². The van der Waals surface area contributed by atoms with Gasteiger partial charge in [0.15, 0.2) is 0 Å². The van der Waals surface area contributed by atoms with Crippen molar-refractivity contribution in [2.45, 2.75) is 33.1 Å². The number of pyridine rings is 1. The average Bonchev–Trinajstić information content (AvgIpc) is 2.47. The van der Waals surface area contributed by atoms with E-state index in [2.05, 4.69) is 23.3 Å². The van der Waals surface area contributed by atoms with Gasteiger partial charge in [-0.3, -0.25) is 4.98 Å². The number of aliphatic hydroxyl groups excluding tert-OH is 1. The summed E-state index contributed by atoms with van der Waals surface area (Å²) in [6.07, 6.45) is 4.94. The zero-order chi connectivity index (χ0) is 15.2. The molecule has 0 saturated heterocycles. The summed E-state index contributed by atoms with van der Waals surface area (Å²) in [4.78, 5) is 4.32. The van der Waals surface area contributed by atoms with Crippen molar-refractivity contribution < 1.29 is 5.11 Å². The Morgan fingerprint density at radius 1 is 1.29 bits per heavy atom. The molecule has 114 valence electrons. The first-order valence-corrected chi connectivity index (χ1v) is 7.65. The molecule has 2 rings (SSSR count). The van der Waals surface area contributed by atoms with E-state index in [1.54, 1.807) is 0 Å². The molecule has 0 saturated carbocycles. The summed E-state index contributed by atoms with van der Waals surface area (Å²) >= 11 is 0. The first-order valence-electron chi connectivity index (χ1n) is 7.65. The van der Waals surface area contributed by atoms with Crippen molar-refractivity contribution in [2.24, 2.45) is 5.92 Å². The quantitative estimate of drug-likeness (QED) is 0.683. The lowest BCUT2D eigenvalue weighted by Crippen LogP contribution is -2.16. The van der Waals surface area contributed by atoms with Crippen LogP contribution in [0.5, 0.6) is 0 Å². The zero-order valence-corrected chi connectivity index (χ0v) is 12.9. The molecular weight excluding hydrogens is 262 g/mol. The van der Waals surface area contributed by atoms with Crippen molar-refractivity contribution in [1.82, 2.24) is 4.98 Å². The van der Waals surface area contributed by atoms with Crippen molar-refractivity contribution in [3.8, 4) is 0 Å². The molecule has 1 unspecified atom stereocenters. The van der Waals surface area contributed by atoms with Crippen LogP contribution in [0, 0.1) is 12.8 Å². The average molecular weight is 287 g/mol. The fourth-order valence-electron chi connectivity index (χ4n) is 2.71. The largest absolute Gasteiger partial charge is 0.398 e. The summed E-state index contributed by atoms with van der Waals surface area (Å²) in [7, 11) is 0. The van der Waals surface area contributed by atoms with E-state index >= 15 is 0 Å². The summed E-state index contributed by atoms with van der Waals surface area (Å²) in [5, 5.41) is 14.8. The van der Waals surface area contributed by atoms with E-state index in [1.165, 1.54) is 0 Å². The Morgan fingerprint density at radius 3 is 2.81 bits per heavy atom. The van der Waals surface area contributed by atoms with Crippen LogP contribution in [-0.2, 0) is 0 Å². The van der Waals surface area contributed by atoms with Crippen LogP contribution in [0.15, 0.2) is 24.4 Å². The highest BCUT2D eigenvalue weighted by molar-refractivity contribution is 6.00. The Labute approximate surface area is 126 Å². The maximum atomic E-state index is 9.15. The fourth-order valence-corrected chi connectivity index (χ4v) is 2.71. The van der Waals surface area contributed by atoms with Crippen molar-refractivity contribution in [1.29, 1.82) is 0 Å². The van der Waals surface area contributed by atoms with Gasteiger partial charge in [0, 0.05) is 47.2 Å². The third-order valence-electron chi connectivity index (χ3n) is 3.89. The minimum absolute atomic E-state index is 0.248. The molecule has 4 N–H and O–H groups in total. The van der Waals surface area contributed by atoms with E-state index in [0.29, 0.717) is 5.92 Å². The number of nitrogens with zero attached hydrogens (tertiary/aromatic N) is 1. The van der Waals surface area contributed by atoms with Gasteiger partial charge in [-0.15, -0.1) is 0 Å². The van der Waals surface area contributed by atoms with Gasteiger partial charge in [0.25, 0.3) is 0 Å². The van der Waals surface area contributed by atoms with E-state index in [1.807, 2.05) is 25.3 Å². The van der Waals surface area contributed by atoms with Crippen LogP contribution in [0.1, 0.15) is 31.9 Å². The molecule has 0 amide bonds. The van der Waals surface area contributed by atoms with Crippen molar-refractivity contribution in [3.63, 3.8) is 0 Å². The van der Waals surface area contributed by atoms with Crippen LogP contribution in [0.25, 0.3) is 10.8 Å². The van der Waals surface area contributed by atoms with E-state index in [-0.39, 0.29) is 6.61 Å². The molecule has 1 aromatic heterocycles. The number of aliphatic hydroxyl groups is 1. The third-order valence-corrected chi connectivity index (χ3v) is 3.89. The lowest BCUT2D eigenvalue weighted by Gasteiger charge is -2.18. The van der Waals surface area contributed by atoms with Gasteiger partial charge in [-0.05, 0) is 43.9 Å². The van der Waals surface area contributed by atoms with Gasteiger partial charge >= 0.3 is 0 Å². The zero-order valence-electron chi connectivity index (χ0n) is 12.9. The van der Waals surface area contributed by atoms with Crippen molar-refractivity contribution in [3.05, 3.63) is 30.1 Å². The number of rotatable bonds is 7. The number of anilines is 2. The molecule has 0 aliphatic carbocycles. The van der Waals surface area contributed by atoms with Crippen LogP contribution in [0.2, 0.25) is 0 Å². The highest BCUT2D eigenvalue weighted by atomic mass is 16.3. The molecule has 0 aliphatic rings. The summed E-state index contributed by atoms with van der Waals surface area (Å²) in [5.41, 5.74) is 8.85. The lowest BCUT2D eigenvalue weighted by atomic mass is 9.99. The molecule has 21 heavy (non-hydrogen) atoms.